The van der Waals surface area contributed by atoms with Gasteiger partial charge in [-0.25, -0.2) is 0 Å². The standard InChI is InChI=1S/C14H16F3NOS/c1-9(13(19)18-12-5-6-12)20-8-10-3-2-4-11(7-10)14(15,16)17/h2-4,7,9,12H,5-6,8H2,1H3,(H,18,19)/t9-/m0/s1. The molecule has 0 bridgehead atoms. The highest BCUT2D eigenvalue weighted by Crippen LogP contribution is 2.30. The maximum absolute atomic E-state index is 12.6. The molecule has 0 heterocycles. The minimum Gasteiger partial charge on any atom is -0.352 e. The van der Waals surface area contributed by atoms with E-state index in [0.717, 1.165) is 25.0 Å². The lowest BCUT2D eigenvalue weighted by molar-refractivity contribution is -0.137. The van der Waals surface area contributed by atoms with E-state index in [1.165, 1.54) is 17.8 Å². The maximum Gasteiger partial charge on any atom is 0.416 e. The largest absolute Gasteiger partial charge is 0.416 e. The van der Waals surface area contributed by atoms with Crippen LogP contribution in [0.1, 0.15) is 30.9 Å². The van der Waals surface area contributed by atoms with Gasteiger partial charge in [-0.2, -0.15) is 13.2 Å². The third kappa shape index (κ3) is 4.44. The first-order valence-corrected chi connectivity index (χ1v) is 7.49. The van der Waals surface area contributed by atoms with Crippen molar-refractivity contribution in [3.8, 4) is 0 Å². The van der Waals surface area contributed by atoms with Gasteiger partial charge in [-0.15, -0.1) is 11.8 Å². The first-order chi connectivity index (χ1) is 9.36. The molecule has 0 spiro atoms. The van der Waals surface area contributed by atoms with Crippen molar-refractivity contribution in [3.63, 3.8) is 0 Å². The van der Waals surface area contributed by atoms with Gasteiger partial charge in [0.1, 0.15) is 0 Å². The summed E-state index contributed by atoms with van der Waals surface area (Å²) in [6.45, 7) is 1.77. The molecular weight excluding hydrogens is 287 g/mol. The number of hydrogen-bond acceptors (Lipinski definition) is 2. The summed E-state index contributed by atoms with van der Waals surface area (Å²) in [4.78, 5) is 11.7. The molecule has 1 fully saturated rings. The van der Waals surface area contributed by atoms with Gasteiger partial charge in [0, 0.05) is 11.8 Å². The van der Waals surface area contributed by atoms with Crippen LogP contribution < -0.4 is 5.32 Å². The van der Waals surface area contributed by atoms with E-state index < -0.39 is 11.7 Å². The minimum atomic E-state index is -4.32. The van der Waals surface area contributed by atoms with E-state index >= 15 is 0 Å². The normalized spacial score (nSPS) is 16.8. The Kier molecular flexibility index (Phi) is 4.62. The third-order valence-electron chi connectivity index (χ3n) is 3.05. The van der Waals surface area contributed by atoms with Crippen molar-refractivity contribution in [2.45, 2.75) is 43.0 Å². The Hall–Kier alpha value is -1.17. The number of hydrogen-bond donors (Lipinski definition) is 1. The molecule has 110 valence electrons. The van der Waals surface area contributed by atoms with Gasteiger partial charge in [-0.1, -0.05) is 18.2 Å². The summed E-state index contributed by atoms with van der Waals surface area (Å²) in [5.74, 6) is 0.355. The van der Waals surface area contributed by atoms with E-state index in [-0.39, 0.29) is 11.2 Å². The zero-order chi connectivity index (χ0) is 14.8. The van der Waals surface area contributed by atoms with Crippen LogP contribution in [0, 0.1) is 0 Å². The number of rotatable bonds is 5. The average Bonchev–Trinajstić information content (AvgIpc) is 3.19. The molecule has 0 aromatic heterocycles. The smallest absolute Gasteiger partial charge is 0.352 e. The van der Waals surface area contributed by atoms with Crippen molar-refractivity contribution in [1.29, 1.82) is 0 Å². The maximum atomic E-state index is 12.6. The van der Waals surface area contributed by atoms with E-state index in [4.69, 9.17) is 0 Å². The van der Waals surface area contributed by atoms with Crippen LogP contribution in [0.4, 0.5) is 13.2 Å². The molecule has 0 aliphatic heterocycles. The molecule has 1 aromatic rings. The topological polar surface area (TPSA) is 29.1 Å². The van der Waals surface area contributed by atoms with Crippen LogP contribution in [-0.4, -0.2) is 17.2 Å². The minimum absolute atomic E-state index is 0.0375. The fraction of sp³-hybridized carbons (Fsp3) is 0.500. The molecule has 1 aromatic carbocycles. The van der Waals surface area contributed by atoms with Crippen LogP contribution in [0.2, 0.25) is 0 Å². The Bertz CT molecular complexity index is 486. The lowest BCUT2D eigenvalue weighted by atomic mass is 10.1. The molecule has 0 saturated heterocycles. The molecule has 2 rings (SSSR count). The van der Waals surface area contributed by atoms with Crippen molar-refractivity contribution in [3.05, 3.63) is 35.4 Å². The first kappa shape index (κ1) is 15.2. The Balaban J connectivity index is 1.88. The SMILES string of the molecule is C[C@H](SCc1cccc(C(F)(F)F)c1)C(=O)NC1CC1. The second kappa shape index (κ2) is 6.08. The number of halogens is 3. The van der Waals surface area contributed by atoms with Crippen LogP contribution >= 0.6 is 11.8 Å². The summed E-state index contributed by atoms with van der Waals surface area (Å²) in [6.07, 6.45) is -2.27. The second-order valence-electron chi connectivity index (χ2n) is 4.93. The number of carbonyl (C=O) groups excluding carboxylic acids is 1. The number of alkyl halides is 3. The average molecular weight is 303 g/mol. The summed E-state index contributed by atoms with van der Waals surface area (Å²) < 4.78 is 37.7. The quantitative estimate of drug-likeness (QED) is 0.900. The van der Waals surface area contributed by atoms with Crippen molar-refractivity contribution >= 4 is 17.7 Å². The van der Waals surface area contributed by atoms with Gasteiger partial charge in [-0.3, -0.25) is 4.79 Å². The van der Waals surface area contributed by atoms with Gasteiger partial charge in [-0.05, 0) is 31.4 Å². The Morgan fingerprint density at radius 3 is 2.75 bits per heavy atom. The molecule has 1 atom stereocenters. The lowest BCUT2D eigenvalue weighted by Gasteiger charge is -2.12. The van der Waals surface area contributed by atoms with Crippen molar-refractivity contribution < 1.29 is 18.0 Å². The van der Waals surface area contributed by atoms with Gasteiger partial charge in [0.25, 0.3) is 0 Å². The molecule has 0 radical (unpaired) electrons. The van der Waals surface area contributed by atoms with Gasteiger partial charge < -0.3 is 5.32 Å². The van der Waals surface area contributed by atoms with Crippen molar-refractivity contribution in [2.24, 2.45) is 0 Å². The van der Waals surface area contributed by atoms with Gasteiger partial charge in [0.05, 0.1) is 10.8 Å². The van der Waals surface area contributed by atoms with Crippen molar-refractivity contribution in [2.75, 3.05) is 0 Å². The molecule has 1 aliphatic carbocycles. The van der Waals surface area contributed by atoms with Crippen LogP contribution in [0.5, 0.6) is 0 Å². The summed E-state index contributed by atoms with van der Waals surface area (Å²) in [5.41, 5.74) is -0.0680. The number of benzene rings is 1. The van der Waals surface area contributed by atoms with E-state index in [2.05, 4.69) is 5.32 Å². The molecule has 1 N–H and O–H groups in total. The fourth-order valence-electron chi connectivity index (χ4n) is 1.68. The van der Waals surface area contributed by atoms with Crippen molar-refractivity contribution in [1.82, 2.24) is 5.32 Å². The zero-order valence-electron chi connectivity index (χ0n) is 11.0. The highest BCUT2D eigenvalue weighted by molar-refractivity contribution is 7.99. The van der Waals surface area contributed by atoms with Gasteiger partial charge in [0.2, 0.25) is 5.91 Å². The van der Waals surface area contributed by atoms with Crippen LogP contribution in [-0.2, 0) is 16.7 Å². The van der Waals surface area contributed by atoms with Gasteiger partial charge >= 0.3 is 6.18 Å². The molecule has 6 heteroatoms. The summed E-state index contributed by atoms with van der Waals surface area (Å²) in [5, 5.41) is 2.63. The monoisotopic (exact) mass is 303 g/mol. The molecular formula is C14H16F3NOS. The second-order valence-corrected chi connectivity index (χ2v) is 6.26. The summed E-state index contributed by atoms with van der Waals surface area (Å²) in [6, 6.07) is 5.54. The molecule has 1 saturated carbocycles. The van der Waals surface area contributed by atoms with Gasteiger partial charge in [0.15, 0.2) is 0 Å². The number of nitrogens with one attached hydrogen (secondary N) is 1. The Morgan fingerprint density at radius 1 is 1.45 bits per heavy atom. The Labute approximate surface area is 120 Å². The first-order valence-electron chi connectivity index (χ1n) is 6.44. The highest BCUT2D eigenvalue weighted by Gasteiger charge is 2.30. The number of amides is 1. The van der Waals surface area contributed by atoms with E-state index in [1.807, 2.05) is 0 Å². The fourth-order valence-corrected chi connectivity index (χ4v) is 2.52. The number of carbonyl (C=O) groups is 1. The highest BCUT2D eigenvalue weighted by atomic mass is 32.2. The lowest BCUT2D eigenvalue weighted by Crippen LogP contribution is -2.32. The van der Waals surface area contributed by atoms with E-state index in [0.29, 0.717) is 17.4 Å². The van der Waals surface area contributed by atoms with Crippen LogP contribution in [0.25, 0.3) is 0 Å². The number of thioether (sulfide) groups is 1. The summed E-state index contributed by atoms with van der Waals surface area (Å²) >= 11 is 1.35. The zero-order valence-corrected chi connectivity index (χ0v) is 11.9. The predicted molar refractivity (Wildman–Crippen MR) is 73.4 cm³/mol. The Morgan fingerprint density at radius 2 is 2.15 bits per heavy atom. The molecule has 0 unspecified atom stereocenters. The van der Waals surface area contributed by atoms with E-state index in [1.54, 1.807) is 13.0 Å². The molecule has 1 aliphatic rings. The molecule has 20 heavy (non-hydrogen) atoms. The third-order valence-corrected chi connectivity index (χ3v) is 4.26. The molecule has 1 amide bonds. The van der Waals surface area contributed by atoms with Crippen LogP contribution in [0.3, 0.4) is 0 Å². The molecule has 2 nitrogen and oxygen atoms in total. The van der Waals surface area contributed by atoms with Crippen LogP contribution in [0.15, 0.2) is 24.3 Å². The summed E-state index contributed by atoms with van der Waals surface area (Å²) in [7, 11) is 0. The predicted octanol–water partition coefficient (Wildman–Crippen LogP) is 3.61. The van der Waals surface area contributed by atoms with E-state index in [9.17, 15) is 18.0 Å².